The number of carbonyl (C=O) groups excluding carboxylic acids is 2. The van der Waals surface area contributed by atoms with Gasteiger partial charge in [-0.05, 0) is 43.9 Å². The summed E-state index contributed by atoms with van der Waals surface area (Å²) in [5.74, 6) is 0.558. The fourth-order valence-corrected chi connectivity index (χ4v) is 4.70. The van der Waals surface area contributed by atoms with E-state index in [1.165, 1.54) is 11.8 Å². The van der Waals surface area contributed by atoms with Gasteiger partial charge in [-0.15, -0.1) is 0 Å². The van der Waals surface area contributed by atoms with E-state index in [9.17, 15) is 14.9 Å². The number of rotatable bonds is 5. The van der Waals surface area contributed by atoms with Crippen molar-refractivity contribution in [2.45, 2.75) is 44.6 Å². The molecule has 1 aromatic carbocycles. The summed E-state index contributed by atoms with van der Waals surface area (Å²) in [5, 5.41) is 13.0. The normalized spacial score (nSPS) is 22.5. The molecule has 3 rings (SSSR count). The average Bonchev–Trinajstić information content (AvgIpc) is 2.72. The zero-order valence-corrected chi connectivity index (χ0v) is 17.1. The van der Waals surface area contributed by atoms with E-state index in [1.807, 2.05) is 29.2 Å². The number of allylic oxidation sites excluding steroid dienone is 1. The van der Waals surface area contributed by atoms with Crippen LogP contribution in [-0.4, -0.2) is 42.2 Å². The number of nitrogens with zero attached hydrogens (tertiary/aromatic N) is 2. The Labute approximate surface area is 169 Å². The van der Waals surface area contributed by atoms with Gasteiger partial charge in [0.15, 0.2) is 0 Å². The lowest BCUT2D eigenvalue weighted by molar-refractivity contribution is -0.131. The molecule has 6 nitrogen and oxygen atoms in total. The van der Waals surface area contributed by atoms with Crippen LogP contribution in [0.25, 0.3) is 0 Å². The van der Waals surface area contributed by atoms with E-state index in [-0.39, 0.29) is 35.9 Å². The van der Waals surface area contributed by atoms with E-state index in [0.717, 1.165) is 37.1 Å². The van der Waals surface area contributed by atoms with Gasteiger partial charge < -0.3 is 15.0 Å². The van der Waals surface area contributed by atoms with Crippen LogP contribution in [-0.2, 0) is 9.59 Å². The molecule has 0 aliphatic carbocycles. The van der Waals surface area contributed by atoms with Crippen molar-refractivity contribution in [2.75, 3.05) is 19.4 Å². The number of nitrogens with one attached hydrogen (secondary N) is 1. The van der Waals surface area contributed by atoms with Crippen LogP contribution in [0.5, 0.6) is 5.75 Å². The summed E-state index contributed by atoms with van der Waals surface area (Å²) in [5.41, 5.74) is 1.40. The number of amides is 2. The van der Waals surface area contributed by atoms with Crippen molar-refractivity contribution in [3.63, 3.8) is 0 Å². The fraction of sp³-hybridized carbons (Fsp3) is 0.476. The number of hydrogen-bond donors (Lipinski definition) is 1. The molecule has 148 valence electrons. The van der Waals surface area contributed by atoms with E-state index in [2.05, 4.69) is 18.3 Å². The minimum atomic E-state index is -0.309. The van der Waals surface area contributed by atoms with Gasteiger partial charge in [-0.25, -0.2) is 0 Å². The van der Waals surface area contributed by atoms with Crippen molar-refractivity contribution >= 4 is 23.6 Å². The molecule has 1 N–H and O–H groups in total. The SMILES string of the molecule is COc1ccc([C@@H]2CC(=O)NC(SCC(=O)N3CCCC[C@H]3C)=C2C#N)cc1. The molecule has 2 amide bonds. The van der Waals surface area contributed by atoms with Crippen molar-refractivity contribution in [3.8, 4) is 11.8 Å². The van der Waals surface area contributed by atoms with Crippen molar-refractivity contribution in [2.24, 2.45) is 0 Å². The highest BCUT2D eigenvalue weighted by atomic mass is 32.2. The van der Waals surface area contributed by atoms with Gasteiger partial charge >= 0.3 is 0 Å². The quantitative estimate of drug-likeness (QED) is 0.822. The third-order valence-electron chi connectivity index (χ3n) is 5.34. The van der Waals surface area contributed by atoms with Crippen LogP contribution in [0.1, 0.15) is 44.1 Å². The number of ether oxygens (including phenoxy) is 1. The number of hydrogen-bond acceptors (Lipinski definition) is 5. The molecule has 0 bridgehead atoms. The maximum Gasteiger partial charge on any atom is 0.233 e. The first-order valence-corrected chi connectivity index (χ1v) is 10.5. The highest BCUT2D eigenvalue weighted by Crippen LogP contribution is 2.36. The Morgan fingerprint density at radius 2 is 2.11 bits per heavy atom. The van der Waals surface area contributed by atoms with Crippen LogP contribution in [0, 0.1) is 11.3 Å². The monoisotopic (exact) mass is 399 g/mol. The highest BCUT2D eigenvalue weighted by Gasteiger charge is 2.31. The molecular formula is C21H25N3O3S. The second kappa shape index (κ2) is 9.16. The van der Waals surface area contributed by atoms with Crippen molar-refractivity contribution in [3.05, 3.63) is 40.4 Å². The molecule has 1 aromatic rings. The predicted octanol–water partition coefficient (Wildman–Crippen LogP) is 3.17. The minimum Gasteiger partial charge on any atom is -0.497 e. The molecule has 2 aliphatic rings. The second-order valence-corrected chi connectivity index (χ2v) is 8.14. The number of nitriles is 1. The number of thioether (sulfide) groups is 1. The molecule has 7 heteroatoms. The number of benzene rings is 1. The molecule has 2 aliphatic heterocycles. The maximum atomic E-state index is 12.6. The van der Waals surface area contributed by atoms with E-state index < -0.39 is 0 Å². The van der Waals surface area contributed by atoms with E-state index in [4.69, 9.17) is 4.74 Å². The summed E-state index contributed by atoms with van der Waals surface area (Å²) < 4.78 is 5.18. The van der Waals surface area contributed by atoms with Gasteiger partial charge in [0.1, 0.15) is 5.75 Å². The summed E-state index contributed by atoms with van der Waals surface area (Å²) in [6.07, 6.45) is 3.43. The highest BCUT2D eigenvalue weighted by molar-refractivity contribution is 8.03. The Kier molecular flexibility index (Phi) is 6.63. The fourth-order valence-electron chi connectivity index (χ4n) is 3.74. The summed E-state index contributed by atoms with van der Waals surface area (Å²) in [6.45, 7) is 2.86. The predicted molar refractivity (Wildman–Crippen MR) is 109 cm³/mol. The number of methoxy groups -OCH3 is 1. The van der Waals surface area contributed by atoms with E-state index in [0.29, 0.717) is 10.6 Å². The van der Waals surface area contributed by atoms with Crippen LogP contribution in [0.4, 0.5) is 0 Å². The van der Waals surface area contributed by atoms with Gasteiger partial charge in [0.25, 0.3) is 0 Å². The molecule has 0 unspecified atom stereocenters. The molecular weight excluding hydrogens is 374 g/mol. The summed E-state index contributed by atoms with van der Waals surface area (Å²) in [7, 11) is 1.60. The van der Waals surface area contributed by atoms with Crippen LogP contribution >= 0.6 is 11.8 Å². The third kappa shape index (κ3) is 4.50. The van der Waals surface area contributed by atoms with Gasteiger partial charge in [-0.1, -0.05) is 23.9 Å². The molecule has 0 radical (unpaired) electrons. The smallest absolute Gasteiger partial charge is 0.233 e. The standard InChI is InChI=1S/C21H25N3O3S/c1-14-5-3-4-10-24(14)20(26)13-28-21-18(12-22)17(11-19(25)23-21)15-6-8-16(27-2)9-7-15/h6-9,14,17H,3-5,10-11,13H2,1-2H3,(H,23,25)/t14-,17+/m1/s1. The van der Waals surface area contributed by atoms with Crippen LogP contribution in [0.3, 0.4) is 0 Å². The van der Waals surface area contributed by atoms with Gasteiger partial charge in [-0.3, -0.25) is 9.59 Å². The van der Waals surface area contributed by atoms with Crippen LogP contribution in [0.15, 0.2) is 34.9 Å². The molecule has 2 atom stereocenters. The lowest BCUT2D eigenvalue weighted by Crippen LogP contribution is -2.43. The number of likely N-dealkylation sites (tertiary alicyclic amines) is 1. The largest absolute Gasteiger partial charge is 0.497 e. The Morgan fingerprint density at radius 3 is 2.75 bits per heavy atom. The first-order chi connectivity index (χ1) is 13.5. The van der Waals surface area contributed by atoms with Gasteiger partial charge in [0, 0.05) is 24.9 Å². The Hall–Kier alpha value is -2.46. The third-order valence-corrected chi connectivity index (χ3v) is 6.34. The first-order valence-electron chi connectivity index (χ1n) is 9.53. The average molecular weight is 400 g/mol. The summed E-state index contributed by atoms with van der Waals surface area (Å²) in [6, 6.07) is 9.90. The lowest BCUT2D eigenvalue weighted by atomic mass is 9.87. The molecule has 0 spiro atoms. The zero-order valence-electron chi connectivity index (χ0n) is 16.2. The van der Waals surface area contributed by atoms with Crippen molar-refractivity contribution in [1.29, 1.82) is 5.26 Å². The molecule has 1 fully saturated rings. The Morgan fingerprint density at radius 1 is 1.36 bits per heavy atom. The molecule has 28 heavy (non-hydrogen) atoms. The molecule has 1 saturated heterocycles. The summed E-state index contributed by atoms with van der Waals surface area (Å²) in [4.78, 5) is 26.8. The van der Waals surface area contributed by atoms with E-state index >= 15 is 0 Å². The van der Waals surface area contributed by atoms with Gasteiger partial charge in [0.05, 0.1) is 29.5 Å². The molecule has 2 heterocycles. The van der Waals surface area contributed by atoms with E-state index in [1.54, 1.807) is 7.11 Å². The van der Waals surface area contributed by atoms with Crippen LogP contribution < -0.4 is 10.1 Å². The summed E-state index contributed by atoms with van der Waals surface area (Å²) >= 11 is 1.25. The second-order valence-electron chi connectivity index (χ2n) is 7.15. The van der Waals surface area contributed by atoms with Gasteiger partial charge in [-0.2, -0.15) is 5.26 Å². The van der Waals surface area contributed by atoms with Crippen LogP contribution in [0.2, 0.25) is 0 Å². The Balaban J connectivity index is 1.77. The number of carbonyl (C=O) groups is 2. The Bertz CT molecular complexity index is 813. The zero-order chi connectivity index (χ0) is 20.1. The van der Waals surface area contributed by atoms with Gasteiger partial charge in [0.2, 0.25) is 11.8 Å². The first kappa shape index (κ1) is 20.3. The maximum absolute atomic E-state index is 12.6. The van der Waals surface area contributed by atoms with Crippen molar-refractivity contribution < 1.29 is 14.3 Å². The topological polar surface area (TPSA) is 82.4 Å². The lowest BCUT2D eigenvalue weighted by Gasteiger charge is -2.33. The number of piperidine rings is 1. The van der Waals surface area contributed by atoms with Crippen molar-refractivity contribution in [1.82, 2.24) is 10.2 Å². The minimum absolute atomic E-state index is 0.0582. The molecule has 0 aromatic heterocycles. The molecule has 0 saturated carbocycles.